The fourth-order valence-corrected chi connectivity index (χ4v) is 4.84. The van der Waals surface area contributed by atoms with Crippen LogP contribution in [0.15, 0.2) is 67.1 Å². The van der Waals surface area contributed by atoms with E-state index in [1.807, 2.05) is 48.5 Å². The first-order valence-corrected chi connectivity index (χ1v) is 12.9. The van der Waals surface area contributed by atoms with Gasteiger partial charge in [0.15, 0.2) is 0 Å². The number of carbonyl (C=O) groups excluding carboxylic acids is 1. The Morgan fingerprint density at radius 1 is 1.16 bits per heavy atom. The van der Waals surface area contributed by atoms with Gasteiger partial charge in [-0.3, -0.25) is 4.79 Å². The predicted octanol–water partition coefficient (Wildman–Crippen LogP) is 4.45. The first kappa shape index (κ1) is 25.4. The number of aliphatic hydroxyl groups is 1. The second-order valence-corrected chi connectivity index (χ2v) is 10.4. The summed E-state index contributed by atoms with van der Waals surface area (Å²) in [5, 5.41) is 24.0. The summed E-state index contributed by atoms with van der Waals surface area (Å²) >= 11 is 0. The van der Waals surface area contributed by atoms with E-state index in [-0.39, 0.29) is 12.5 Å². The van der Waals surface area contributed by atoms with Crippen LogP contribution in [0.2, 0.25) is 0 Å². The van der Waals surface area contributed by atoms with Gasteiger partial charge in [0.05, 0.1) is 29.1 Å². The number of hydrogen-bond acceptors (Lipinski definition) is 7. The number of anilines is 1. The van der Waals surface area contributed by atoms with E-state index in [0.717, 1.165) is 48.4 Å². The van der Waals surface area contributed by atoms with Gasteiger partial charge in [-0.15, -0.1) is 0 Å². The number of Topliss-reactive ketones (excluding diaryl/α,β-unsaturated/α-hetero) is 1. The second kappa shape index (κ2) is 10.6. The highest BCUT2D eigenvalue weighted by molar-refractivity contribution is 5.85. The van der Waals surface area contributed by atoms with Crippen molar-refractivity contribution in [3.63, 3.8) is 0 Å². The molecule has 1 saturated heterocycles. The summed E-state index contributed by atoms with van der Waals surface area (Å²) < 4.78 is 7.44. The number of aromatic nitrogens is 3. The molecule has 1 aliphatic heterocycles. The average Bonchev–Trinajstić information content (AvgIpc) is 3.35. The van der Waals surface area contributed by atoms with E-state index in [0.29, 0.717) is 29.0 Å². The number of pyridine rings is 2. The second-order valence-electron chi connectivity index (χ2n) is 10.4. The summed E-state index contributed by atoms with van der Waals surface area (Å²) in [5.74, 6) is 1.79. The molecule has 0 spiro atoms. The van der Waals surface area contributed by atoms with Crippen molar-refractivity contribution in [1.82, 2.24) is 14.6 Å². The van der Waals surface area contributed by atoms with Crippen LogP contribution < -0.4 is 9.64 Å². The van der Waals surface area contributed by atoms with Crippen LogP contribution in [-0.2, 0) is 11.2 Å². The molecule has 0 amide bonds. The Balaban J connectivity index is 1.31. The summed E-state index contributed by atoms with van der Waals surface area (Å²) in [6.07, 6.45) is 7.16. The summed E-state index contributed by atoms with van der Waals surface area (Å²) in [7, 11) is 0. The minimum absolute atomic E-state index is 0.0805. The average molecular weight is 510 g/mol. The molecule has 4 heterocycles. The number of benzene rings is 1. The van der Waals surface area contributed by atoms with Gasteiger partial charge in [-0.05, 0) is 50.5 Å². The van der Waals surface area contributed by atoms with Crippen LogP contribution in [0.5, 0.6) is 5.75 Å². The fraction of sp³-hybridized carbons (Fsp3) is 0.333. The minimum atomic E-state index is -0.986. The maximum absolute atomic E-state index is 12.8. The minimum Gasteiger partial charge on any atom is -0.489 e. The quantitative estimate of drug-likeness (QED) is 0.374. The largest absolute Gasteiger partial charge is 0.489 e. The molecule has 0 unspecified atom stereocenters. The molecule has 4 aromatic rings. The SMILES string of the molecule is CC(C)(O)COc1cc(-c2ccc(N3CCC(C(=O)Cc4ccccc4)CC3)nc2)c2c(C#N)cnn2c1. The third-order valence-corrected chi connectivity index (χ3v) is 6.85. The Kier molecular flexibility index (Phi) is 7.12. The number of ether oxygens (including phenoxy) is 1. The van der Waals surface area contributed by atoms with Gasteiger partial charge in [0.2, 0.25) is 0 Å². The van der Waals surface area contributed by atoms with Crippen molar-refractivity contribution < 1.29 is 14.6 Å². The van der Waals surface area contributed by atoms with E-state index >= 15 is 0 Å². The van der Waals surface area contributed by atoms with Crippen molar-refractivity contribution in [2.75, 3.05) is 24.6 Å². The van der Waals surface area contributed by atoms with Crippen molar-refractivity contribution in [1.29, 1.82) is 5.26 Å². The van der Waals surface area contributed by atoms with Crippen molar-refractivity contribution in [2.24, 2.45) is 5.92 Å². The fourth-order valence-electron chi connectivity index (χ4n) is 4.84. The maximum Gasteiger partial charge on any atom is 0.140 e. The summed E-state index contributed by atoms with van der Waals surface area (Å²) in [6.45, 7) is 5.04. The molecular formula is C30H31N5O3. The molecule has 8 nitrogen and oxygen atoms in total. The molecule has 0 radical (unpaired) electrons. The van der Waals surface area contributed by atoms with Crippen LogP contribution in [0, 0.1) is 17.2 Å². The Bertz CT molecular complexity index is 1460. The van der Waals surface area contributed by atoms with Gasteiger partial charge in [-0.1, -0.05) is 30.3 Å². The van der Waals surface area contributed by atoms with Gasteiger partial charge in [0.25, 0.3) is 0 Å². The number of hydrogen-bond donors (Lipinski definition) is 1. The smallest absolute Gasteiger partial charge is 0.140 e. The summed E-state index contributed by atoms with van der Waals surface area (Å²) in [5.41, 5.74) is 2.82. The molecule has 0 atom stereocenters. The van der Waals surface area contributed by atoms with Gasteiger partial charge < -0.3 is 14.7 Å². The Labute approximate surface area is 222 Å². The Morgan fingerprint density at radius 3 is 2.58 bits per heavy atom. The van der Waals surface area contributed by atoms with Crippen molar-refractivity contribution in [2.45, 2.75) is 38.7 Å². The first-order valence-electron chi connectivity index (χ1n) is 12.9. The van der Waals surface area contributed by atoms with Crippen molar-refractivity contribution >= 4 is 17.1 Å². The molecular weight excluding hydrogens is 478 g/mol. The lowest BCUT2D eigenvalue weighted by Crippen LogP contribution is -2.37. The number of fused-ring (bicyclic) bond motifs is 1. The predicted molar refractivity (Wildman–Crippen MR) is 145 cm³/mol. The summed E-state index contributed by atoms with van der Waals surface area (Å²) in [6, 6.07) is 17.9. The maximum atomic E-state index is 12.8. The lowest BCUT2D eigenvalue weighted by atomic mass is 9.89. The van der Waals surface area contributed by atoms with E-state index in [1.165, 1.54) is 6.20 Å². The standard InChI is InChI=1S/C30H31N5O3/c1-30(2,37)20-38-25-15-26(29-24(16-31)18-33-35(29)19-25)23-8-9-28(32-17-23)34-12-10-22(11-13-34)27(36)14-21-6-4-3-5-7-21/h3-9,15,17-19,22,37H,10-14,20H2,1-2H3. The number of carbonyl (C=O) groups is 1. The van der Waals surface area contributed by atoms with Crippen molar-refractivity contribution in [3.05, 3.63) is 78.2 Å². The highest BCUT2D eigenvalue weighted by atomic mass is 16.5. The number of nitriles is 1. The molecule has 0 aliphatic carbocycles. The van der Waals surface area contributed by atoms with Crippen LogP contribution in [0.4, 0.5) is 5.82 Å². The molecule has 5 rings (SSSR count). The molecule has 0 bridgehead atoms. The van der Waals surface area contributed by atoms with E-state index < -0.39 is 5.60 Å². The third kappa shape index (κ3) is 5.68. The molecule has 3 aromatic heterocycles. The van der Waals surface area contributed by atoms with Crippen molar-refractivity contribution in [3.8, 4) is 22.9 Å². The van der Waals surface area contributed by atoms with Gasteiger partial charge in [-0.25, -0.2) is 9.50 Å². The first-order chi connectivity index (χ1) is 18.3. The molecule has 8 heteroatoms. The molecule has 1 N–H and O–H groups in total. The summed E-state index contributed by atoms with van der Waals surface area (Å²) in [4.78, 5) is 19.7. The number of nitrogens with zero attached hydrogens (tertiary/aromatic N) is 5. The monoisotopic (exact) mass is 509 g/mol. The zero-order chi connectivity index (χ0) is 26.7. The third-order valence-electron chi connectivity index (χ3n) is 6.85. The van der Waals surface area contributed by atoms with E-state index in [9.17, 15) is 15.2 Å². The van der Waals surface area contributed by atoms with Crippen LogP contribution >= 0.6 is 0 Å². The number of piperidine rings is 1. The van der Waals surface area contributed by atoms with Gasteiger partial charge >= 0.3 is 0 Å². The van der Waals surface area contributed by atoms with E-state index in [2.05, 4.69) is 16.1 Å². The molecule has 38 heavy (non-hydrogen) atoms. The van der Waals surface area contributed by atoms with E-state index in [4.69, 9.17) is 9.72 Å². The zero-order valence-corrected chi connectivity index (χ0v) is 21.7. The number of ketones is 1. The molecule has 194 valence electrons. The van der Waals surface area contributed by atoms with Crippen LogP contribution in [-0.4, -0.2) is 50.8 Å². The lowest BCUT2D eigenvalue weighted by molar-refractivity contribution is -0.122. The molecule has 1 fully saturated rings. The van der Waals surface area contributed by atoms with Crippen LogP contribution in [0.1, 0.15) is 37.8 Å². The van der Waals surface area contributed by atoms with Crippen LogP contribution in [0.3, 0.4) is 0 Å². The number of rotatable bonds is 8. The topological polar surface area (TPSA) is 104 Å². The molecule has 1 aromatic carbocycles. The Morgan fingerprint density at radius 2 is 1.92 bits per heavy atom. The van der Waals surface area contributed by atoms with E-state index in [1.54, 1.807) is 30.8 Å². The van der Waals surface area contributed by atoms with Gasteiger partial charge in [0, 0.05) is 42.8 Å². The Hall–Kier alpha value is -4.22. The highest BCUT2D eigenvalue weighted by Gasteiger charge is 2.25. The normalized spacial score (nSPS) is 14.4. The zero-order valence-electron chi connectivity index (χ0n) is 21.7. The van der Waals surface area contributed by atoms with Gasteiger partial charge in [0.1, 0.15) is 30.0 Å². The van der Waals surface area contributed by atoms with Gasteiger partial charge in [-0.2, -0.15) is 10.4 Å². The molecule has 1 aliphatic rings. The van der Waals surface area contributed by atoms with Crippen LogP contribution in [0.25, 0.3) is 16.6 Å². The molecule has 0 saturated carbocycles. The highest BCUT2D eigenvalue weighted by Crippen LogP contribution is 2.32. The lowest BCUT2D eigenvalue weighted by Gasteiger charge is -2.32.